The molecule has 0 fully saturated rings. The van der Waals surface area contributed by atoms with Crippen molar-refractivity contribution in [2.75, 3.05) is 6.61 Å². The molecule has 16 heavy (non-hydrogen) atoms. The van der Waals surface area contributed by atoms with E-state index in [9.17, 15) is 4.79 Å². The van der Waals surface area contributed by atoms with Crippen molar-refractivity contribution in [1.82, 2.24) is 15.2 Å². The number of nitrogens with zero attached hydrogens (tertiary/aromatic N) is 2. The van der Waals surface area contributed by atoms with Crippen LogP contribution in [0.15, 0.2) is 12.2 Å². The molecule has 1 aliphatic rings. The number of nitrogens with one attached hydrogen (secondary N) is 1. The Bertz CT molecular complexity index is 413. The van der Waals surface area contributed by atoms with Crippen molar-refractivity contribution in [3.8, 4) is 0 Å². The smallest absolute Gasteiger partial charge is 0.378 e. The van der Waals surface area contributed by atoms with Gasteiger partial charge < -0.3 is 10.5 Å². The van der Waals surface area contributed by atoms with E-state index in [0.717, 1.165) is 6.42 Å². The van der Waals surface area contributed by atoms with Crippen molar-refractivity contribution in [3.63, 3.8) is 0 Å². The zero-order valence-corrected chi connectivity index (χ0v) is 9.01. The van der Waals surface area contributed by atoms with E-state index in [1.54, 1.807) is 6.92 Å². The van der Waals surface area contributed by atoms with Crippen molar-refractivity contribution >= 4 is 5.97 Å². The highest BCUT2D eigenvalue weighted by Crippen LogP contribution is 2.24. The monoisotopic (exact) mass is 222 g/mol. The van der Waals surface area contributed by atoms with Gasteiger partial charge in [0.05, 0.1) is 6.61 Å². The lowest BCUT2D eigenvalue weighted by Gasteiger charge is -2.03. The minimum Gasteiger partial charge on any atom is -0.460 e. The second-order valence-corrected chi connectivity index (χ2v) is 3.66. The van der Waals surface area contributed by atoms with Crippen molar-refractivity contribution < 1.29 is 9.53 Å². The number of H-pyrrole nitrogens is 1. The molecule has 1 aliphatic carbocycles. The normalized spacial score (nSPS) is 23.6. The maximum atomic E-state index is 11.3. The van der Waals surface area contributed by atoms with Crippen LogP contribution in [0.5, 0.6) is 0 Å². The number of aromatic nitrogens is 3. The van der Waals surface area contributed by atoms with Gasteiger partial charge in [-0.1, -0.05) is 12.2 Å². The van der Waals surface area contributed by atoms with Crippen LogP contribution in [0.4, 0.5) is 0 Å². The fourth-order valence-corrected chi connectivity index (χ4v) is 1.66. The molecular formula is C10H14N4O2. The molecule has 2 rings (SSSR count). The van der Waals surface area contributed by atoms with Crippen LogP contribution >= 0.6 is 0 Å². The van der Waals surface area contributed by atoms with Crippen LogP contribution in [-0.2, 0) is 4.74 Å². The molecule has 1 aromatic rings. The maximum absolute atomic E-state index is 11.3. The van der Waals surface area contributed by atoms with Gasteiger partial charge in [-0.25, -0.2) is 9.78 Å². The van der Waals surface area contributed by atoms with Crippen molar-refractivity contribution in [1.29, 1.82) is 0 Å². The predicted octanol–water partition coefficient (Wildman–Crippen LogP) is 0.352. The number of hydrogen-bond donors (Lipinski definition) is 2. The predicted molar refractivity (Wildman–Crippen MR) is 56.8 cm³/mol. The molecule has 2 atom stereocenters. The van der Waals surface area contributed by atoms with Crippen LogP contribution in [0, 0.1) is 0 Å². The second-order valence-electron chi connectivity index (χ2n) is 3.66. The van der Waals surface area contributed by atoms with Gasteiger partial charge in [0, 0.05) is 12.0 Å². The summed E-state index contributed by atoms with van der Waals surface area (Å²) in [6.07, 6.45) is 4.69. The SMILES string of the molecule is CCOC(=O)c1n[nH]c(C2C=CC(N)C2)n1. The largest absolute Gasteiger partial charge is 0.460 e. The molecule has 0 amide bonds. The molecule has 0 aliphatic heterocycles. The molecule has 2 unspecified atom stereocenters. The molecule has 0 aromatic carbocycles. The van der Waals surface area contributed by atoms with Crippen LogP contribution < -0.4 is 5.73 Å². The van der Waals surface area contributed by atoms with Gasteiger partial charge in [0.25, 0.3) is 5.82 Å². The summed E-state index contributed by atoms with van der Waals surface area (Å²) in [5.41, 5.74) is 5.74. The first-order chi connectivity index (χ1) is 7.70. The van der Waals surface area contributed by atoms with Gasteiger partial charge in [0.2, 0.25) is 0 Å². The Balaban J connectivity index is 2.08. The van der Waals surface area contributed by atoms with Gasteiger partial charge in [-0.3, -0.25) is 5.10 Å². The molecule has 6 heteroatoms. The van der Waals surface area contributed by atoms with Gasteiger partial charge in [-0.2, -0.15) is 0 Å². The summed E-state index contributed by atoms with van der Waals surface area (Å²) in [4.78, 5) is 15.4. The summed E-state index contributed by atoms with van der Waals surface area (Å²) in [5, 5.41) is 6.56. The Hall–Kier alpha value is -1.69. The Morgan fingerprint density at radius 2 is 2.50 bits per heavy atom. The second kappa shape index (κ2) is 4.44. The summed E-state index contributed by atoms with van der Waals surface area (Å²) in [6, 6.07) is 0.0566. The van der Waals surface area contributed by atoms with Crippen LogP contribution in [0.2, 0.25) is 0 Å². The molecule has 1 aromatic heterocycles. The van der Waals surface area contributed by atoms with Crippen molar-refractivity contribution in [3.05, 3.63) is 23.8 Å². The van der Waals surface area contributed by atoms with Gasteiger partial charge >= 0.3 is 5.97 Å². The lowest BCUT2D eigenvalue weighted by atomic mass is 10.1. The van der Waals surface area contributed by atoms with E-state index in [1.165, 1.54) is 0 Å². The zero-order valence-electron chi connectivity index (χ0n) is 9.01. The summed E-state index contributed by atoms with van der Waals surface area (Å²) < 4.78 is 4.80. The van der Waals surface area contributed by atoms with E-state index in [4.69, 9.17) is 10.5 Å². The van der Waals surface area contributed by atoms with E-state index >= 15 is 0 Å². The Labute approximate surface area is 92.9 Å². The number of esters is 1. The zero-order chi connectivity index (χ0) is 11.5. The average Bonchev–Trinajstić information content (AvgIpc) is 2.85. The third-order valence-corrected chi connectivity index (χ3v) is 2.43. The van der Waals surface area contributed by atoms with Gasteiger partial charge in [-0.05, 0) is 13.3 Å². The maximum Gasteiger partial charge on any atom is 0.378 e. The first kappa shape index (κ1) is 10.8. The molecule has 6 nitrogen and oxygen atoms in total. The molecular weight excluding hydrogens is 208 g/mol. The molecule has 0 bridgehead atoms. The first-order valence-electron chi connectivity index (χ1n) is 5.24. The fraction of sp³-hybridized carbons (Fsp3) is 0.500. The number of carbonyl (C=O) groups is 1. The third kappa shape index (κ3) is 2.11. The van der Waals surface area contributed by atoms with Crippen LogP contribution in [0.1, 0.15) is 35.7 Å². The number of ether oxygens (including phenoxy) is 1. The van der Waals surface area contributed by atoms with E-state index in [1.807, 2.05) is 12.2 Å². The Morgan fingerprint density at radius 1 is 1.69 bits per heavy atom. The Morgan fingerprint density at radius 3 is 3.12 bits per heavy atom. The fourth-order valence-electron chi connectivity index (χ4n) is 1.66. The lowest BCUT2D eigenvalue weighted by molar-refractivity contribution is 0.0512. The summed E-state index contributed by atoms with van der Waals surface area (Å²) in [7, 11) is 0. The molecule has 1 heterocycles. The van der Waals surface area contributed by atoms with Gasteiger partial charge in [-0.15, -0.1) is 5.10 Å². The van der Waals surface area contributed by atoms with Crippen LogP contribution in [-0.4, -0.2) is 33.8 Å². The highest BCUT2D eigenvalue weighted by atomic mass is 16.5. The standard InChI is InChI=1S/C10H14N4O2/c1-2-16-10(15)9-12-8(13-14-9)6-3-4-7(11)5-6/h3-4,6-7H,2,5,11H2,1H3,(H,12,13,14). The van der Waals surface area contributed by atoms with E-state index in [2.05, 4.69) is 15.2 Å². The highest BCUT2D eigenvalue weighted by Gasteiger charge is 2.22. The van der Waals surface area contributed by atoms with E-state index in [0.29, 0.717) is 12.4 Å². The number of allylic oxidation sites excluding steroid dienone is 1. The van der Waals surface area contributed by atoms with Gasteiger partial charge in [0.1, 0.15) is 5.82 Å². The molecule has 86 valence electrons. The van der Waals surface area contributed by atoms with Crippen molar-refractivity contribution in [2.45, 2.75) is 25.3 Å². The molecule has 0 spiro atoms. The minimum absolute atomic E-state index is 0.0566. The number of rotatable bonds is 3. The van der Waals surface area contributed by atoms with Crippen LogP contribution in [0.3, 0.4) is 0 Å². The average molecular weight is 222 g/mol. The minimum atomic E-state index is -0.503. The molecule has 0 saturated carbocycles. The summed E-state index contributed by atoms with van der Waals surface area (Å²) in [5.74, 6) is 0.347. The number of hydrogen-bond acceptors (Lipinski definition) is 5. The molecule has 3 N–H and O–H groups in total. The summed E-state index contributed by atoms with van der Waals surface area (Å²) >= 11 is 0. The lowest BCUT2D eigenvalue weighted by Crippen LogP contribution is -2.14. The Kier molecular flexibility index (Phi) is 3.00. The van der Waals surface area contributed by atoms with Crippen LogP contribution in [0.25, 0.3) is 0 Å². The number of aromatic amines is 1. The topological polar surface area (TPSA) is 93.9 Å². The highest BCUT2D eigenvalue weighted by molar-refractivity contribution is 5.84. The van der Waals surface area contributed by atoms with Gasteiger partial charge in [0.15, 0.2) is 0 Å². The van der Waals surface area contributed by atoms with E-state index < -0.39 is 5.97 Å². The third-order valence-electron chi connectivity index (χ3n) is 2.43. The summed E-state index contributed by atoms with van der Waals surface area (Å²) in [6.45, 7) is 2.06. The quantitative estimate of drug-likeness (QED) is 0.568. The molecule has 0 saturated heterocycles. The van der Waals surface area contributed by atoms with E-state index in [-0.39, 0.29) is 17.8 Å². The first-order valence-corrected chi connectivity index (χ1v) is 5.24. The number of carbonyl (C=O) groups excluding carboxylic acids is 1. The number of nitrogens with two attached hydrogens (primary N) is 1. The van der Waals surface area contributed by atoms with Crippen molar-refractivity contribution in [2.24, 2.45) is 5.73 Å². The molecule has 0 radical (unpaired) electrons.